The third-order valence-electron chi connectivity index (χ3n) is 5.13. The second kappa shape index (κ2) is 11.0. The molecule has 0 unspecified atom stereocenters. The summed E-state index contributed by atoms with van der Waals surface area (Å²) >= 11 is 12.4. The average molecular weight is 462 g/mol. The number of hydrogen-bond donors (Lipinski definition) is 1. The number of nitrogens with zero attached hydrogens (tertiary/aromatic N) is 1. The number of oxazole rings is 1. The summed E-state index contributed by atoms with van der Waals surface area (Å²) in [6.45, 7) is 6.59. The lowest BCUT2D eigenvalue weighted by Crippen LogP contribution is -2.03. The van der Waals surface area contributed by atoms with Gasteiger partial charge in [-0.2, -0.15) is 0 Å². The Kier molecular flexibility index (Phi) is 8.42. The summed E-state index contributed by atoms with van der Waals surface area (Å²) in [7, 11) is 0. The Morgan fingerprint density at radius 2 is 1.84 bits per heavy atom. The molecule has 31 heavy (non-hydrogen) atoms. The molecule has 0 saturated heterocycles. The fraction of sp³-hybridized carbons (Fsp3) is 0.400. The van der Waals surface area contributed by atoms with Crippen LogP contribution in [0.2, 0.25) is 10.0 Å². The first-order valence-corrected chi connectivity index (χ1v) is 11.4. The largest absolute Gasteiger partial charge is 0.491 e. The molecule has 6 heteroatoms. The summed E-state index contributed by atoms with van der Waals surface area (Å²) in [5.41, 5.74) is 4.14. The lowest BCUT2D eigenvalue weighted by molar-refractivity contribution is 0.200. The van der Waals surface area contributed by atoms with Crippen molar-refractivity contribution in [1.29, 1.82) is 0 Å². The lowest BCUT2D eigenvalue weighted by atomic mass is 10.0. The molecule has 0 atom stereocenters. The predicted molar refractivity (Wildman–Crippen MR) is 126 cm³/mol. The van der Waals surface area contributed by atoms with Gasteiger partial charge in [0.1, 0.15) is 18.1 Å². The van der Waals surface area contributed by atoms with E-state index >= 15 is 0 Å². The van der Waals surface area contributed by atoms with E-state index in [0.29, 0.717) is 22.5 Å². The van der Waals surface area contributed by atoms with Gasteiger partial charge in [0.05, 0.1) is 22.9 Å². The molecule has 1 aromatic heterocycles. The van der Waals surface area contributed by atoms with Crippen LogP contribution in [-0.2, 0) is 12.8 Å². The van der Waals surface area contributed by atoms with E-state index in [0.717, 1.165) is 54.0 Å². The van der Waals surface area contributed by atoms with Crippen molar-refractivity contribution < 1.29 is 14.3 Å². The Hall–Kier alpha value is -2.01. The first kappa shape index (κ1) is 23.6. The Morgan fingerprint density at radius 1 is 1.06 bits per heavy atom. The Balaban J connectivity index is 1.62. The quantitative estimate of drug-likeness (QED) is 0.329. The highest BCUT2D eigenvalue weighted by Crippen LogP contribution is 2.33. The molecule has 3 rings (SSSR count). The van der Waals surface area contributed by atoms with E-state index in [2.05, 4.69) is 26.0 Å². The highest BCUT2D eigenvalue weighted by atomic mass is 35.5. The van der Waals surface area contributed by atoms with Crippen molar-refractivity contribution in [3.63, 3.8) is 0 Å². The van der Waals surface area contributed by atoms with Crippen molar-refractivity contribution in [2.24, 2.45) is 0 Å². The van der Waals surface area contributed by atoms with Crippen LogP contribution < -0.4 is 4.74 Å². The summed E-state index contributed by atoms with van der Waals surface area (Å²) in [5.74, 6) is 2.54. The number of aliphatic hydroxyl groups excluding tert-OH is 1. The Labute approximate surface area is 194 Å². The van der Waals surface area contributed by atoms with Crippen molar-refractivity contribution in [2.75, 3.05) is 13.2 Å². The second-order valence-electron chi connectivity index (χ2n) is 7.99. The van der Waals surface area contributed by atoms with E-state index < -0.39 is 0 Å². The molecule has 0 aliphatic heterocycles. The van der Waals surface area contributed by atoms with Crippen LogP contribution in [0.5, 0.6) is 5.75 Å². The molecule has 166 valence electrons. The van der Waals surface area contributed by atoms with E-state index in [4.69, 9.17) is 42.4 Å². The highest BCUT2D eigenvalue weighted by Gasteiger charge is 2.18. The summed E-state index contributed by atoms with van der Waals surface area (Å²) in [5, 5.41) is 10.0. The lowest BCUT2D eigenvalue weighted by Gasteiger charge is -2.10. The number of aryl methyl sites for hydroxylation is 3. The fourth-order valence-corrected chi connectivity index (χ4v) is 4.07. The SMILES string of the molecule is Cc1cc(CCCCc2nc(-c3ccc(Cl)cc3Cl)oc2C(C)C)ccc1OCCO. The summed E-state index contributed by atoms with van der Waals surface area (Å²) in [6, 6.07) is 11.6. The van der Waals surface area contributed by atoms with Gasteiger partial charge in [0.15, 0.2) is 0 Å². The molecule has 0 fully saturated rings. The van der Waals surface area contributed by atoms with Gasteiger partial charge < -0.3 is 14.3 Å². The summed E-state index contributed by atoms with van der Waals surface area (Å²) < 4.78 is 11.6. The Bertz CT molecular complexity index is 1010. The zero-order valence-electron chi connectivity index (χ0n) is 18.3. The first-order valence-electron chi connectivity index (χ1n) is 10.7. The minimum Gasteiger partial charge on any atom is -0.491 e. The number of aliphatic hydroxyl groups is 1. The predicted octanol–water partition coefficient (Wildman–Crippen LogP) is 7.02. The third kappa shape index (κ3) is 6.25. The molecule has 0 amide bonds. The number of unbranched alkanes of at least 4 members (excludes halogenated alkanes) is 1. The van der Waals surface area contributed by atoms with Gasteiger partial charge >= 0.3 is 0 Å². The molecule has 3 aromatic rings. The van der Waals surface area contributed by atoms with Crippen molar-refractivity contribution in [2.45, 2.75) is 52.4 Å². The van der Waals surface area contributed by atoms with Crippen molar-refractivity contribution >= 4 is 23.2 Å². The Morgan fingerprint density at radius 3 is 2.52 bits per heavy atom. The van der Waals surface area contributed by atoms with Gasteiger partial charge in [-0.05, 0) is 68.0 Å². The van der Waals surface area contributed by atoms with Crippen LogP contribution in [-0.4, -0.2) is 23.3 Å². The molecule has 4 nitrogen and oxygen atoms in total. The maximum Gasteiger partial charge on any atom is 0.228 e. The van der Waals surface area contributed by atoms with Crippen LogP contribution in [0.3, 0.4) is 0 Å². The van der Waals surface area contributed by atoms with E-state index in [9.17, 15) is 0 Å². The third-order valence-corrected chi connectivity index (χ3v) is 5.68. The molecular weight excluding hydrogens is 433 g/mol. The maximum absolute atomic E-state index is 8.91. The topological polar surface area (TPSA) is 55.5 Å². The first-order chi connectivity index (χ1) is 14.9. The number of hydrogen-bond acceptors (Lipinski definition) is 4. The van der Waals surface area contributed by atoms with Crippen molar-refractivity contribution in [1.82, 2.24) is 4.98 Å². The molecule has 0 aliphatic rings. The molecule has 2 aromatic carbocycles. The van der Waals surface area contributed by atoms with Gasteiger partial charge in [-0.1, -0.05) is 49.2 Å². The van der Waals surface area contributed by atoms with Crippen LogP contribution in [0.25, 0.3) is 11.5 Å². The summed E-state index contributed by atoms with van der Waals surface area (Å²) in [4.78, 5) is 4.76. The minimum atomic E-state index is 0.0214. The number of halogens is 2. The second-order valence-corrected chi connectivity index (χ2v) is 8.83. The maximum atomic E-state index is 8.91. The average Bonchev–Trinajstić information content (AvgIpc) is 3.15. The number of rotatable bonds is 10. The molecular formula is C25H29Cl2NO3. The highest BCUT2D eigenvalue weighted by molar-refractivity contribution is 6.36. The molecule has 0 bridgehead atoms. The van der Waals surface area contributed by atoms with Gasteiger partial charge in [0.2, 0.25) is 5.89 Å². The van der Waals surface area contributed by atoms with Crippen LogP contribution in [0.1, 0.15) is 55.2 Å². The van der Waals surface area contributed by atoms with E-state index in [-0.39, 0.29) is 12.5 Å². The van der Waals surface area contributed by atoms with E-state index in [1.807, 2.05) is 19.1 Å². The number of ether oxygens (including phenoxy) is 1. The van der Waals surface area contributed by atoms with E-state index in [1.165, 1.54) is 5.56 Å². The zero-order chi connectivity index (χ0) is 22.4. The van der Waals surface area contributed by atoms with Crippen LogP contribution in [0, 0.1) is 6.92 Å². The van der Waals surface area contributed by atoms with Gasteiger partial charge in [-0.15, -0.1) is 0 Å². The number of benzene rings is 2. The molecule has 0 spiro atoms. The van der Waals surface area contributed by atoms with Gasteiger partial charge in [0.25, 0.3) is 0 Å². The van der Waals surface area contributed by atoms with Crippen LogP contribution in [0.4, 0.5) is 0 Å². The van der Waals surface area contributed by atoms with Gasteiger partial charge in [-0.25, -0.2) is 4.98 Å². The fourth-order valence-electron chi connectivity index (χ4n) is 3.58. The molecule has 0 saturated carbocycles. The monoisotopic (exact) mass is 461 g/mol. The number of aromatic nitrogens is 1. The normalized spacial score (nSPS) is 11.3. The molecule has 0 radical (unpaired) electrons. The smallest absolute Gasteiger partial charge is 0.228 e. The molecule has 0 aliphatic carbocycles. The molecule has 1 heterocycles. The van der Waals surface area contributed by atoms with E-state index in [1.54, 1.807) is 12.1 Å². The van der Waals surface area contributed by atoms with Gasteiger partial charge in [0, 0.05) is 10.9 Å². The van der Waals surface area contributed by atoms with Crippen molar-refractivity contribution in [3.8, 4) is 17.2 Å². The van der Waals surface area contributed by atoms with Crippen molar-refractivity contribution in [3.05, 3.63) is 69.0 Å². The van der Waals surface area contributed by atoms with Crippen LogP contribution in [0.15, 0.2) is 40.8 Å². The van der Waals surface area contributed by atoms with Crippen LogP contribution >= 0.6 is 23.2 Å². The van der Waals surface area contributed by atoms with Gasteiger partial charge in [-0.3, -0.25) is 0 Å². The molecule has 1 N–H and O–H groups in total. The zero-order valence-corrected chi connectivity index (χ0v) is 19.8. The minimum absolute atomic E-state index is 0.0214. The standard InChI is InChI=1S/C25H29Cl2NO3/c1-16(2)24-22(28-25(31-24)20-10-9-19(26)15-21(20)27)7-5-4-6-18-8-11-23(17(3)14-18)30-13-12-29/h8-11,14-16,29H,4-7,12-13H2,1-3H3. The summed E-state index contributed by atoms with van der Waals surface area (Å²) in [6.07, 6.45) is 3.92.